The Hall–Kier alpha value is -2.75. The lowest BCUT2D eigenvalue weighted by Crippen LogP contribution is -2.36. The number of amides is 3. The van der Waals surface area contributed by atoms with E-state index in [2.05, 4.69) is 10.3 Å². The predicted octanol–water partition coefficient (Wildman–Crippen LogP) is 4.24. The van der Waals surface area contributed by atoms with E-state index in [1.165, 1.54) is 24.3 Å². The first-order valence-electron chi connectivity index (χ1n) is 8.88. The van der Waals surface area contributed by atoms with Gasteiger partial charge in [-0.25, -0.2) is 14.7 Å². The highest BCUT2D eigenvalue weighted by atomic mass is 32.2. The van der Waals surface area contributed by atoms with Crippen molar-refractivity contribution in [2.75, 3.05) is 17.3 Å². The van der Waals surface area contributed by atoms with Crippen molar-refractivity contribution in [1.82, 2.24) is 9.88 Å². The lowest BCUT2D eigenvalue weighted by atomic mass is 10.2. The Labute approximate surface area is 169 Å². The van der Waals surface area contributed by atoms with Crippen LogP contribution in [0.1, 0.15) is 18.4 Å². The van der Waals surface area contributed by atoms with Crippen LogP contribution in [0.2, 0.25) is 0 Å². The number of aromatic nitrogens is 1. The van der Waals surface area contributed by atoms with Crippen molar-refractivity contribution < 1.29 is 22.8 Å². The smallest absolute Gasteiger partial charge is 0.373 e. The van der Waals surface area contributed by atoms with E-state index < -0.39 is 17.1 Å². The Morgan fingerprint density at radius 1 is 1.17 bits per heavy atom. The van der Waals surface area contributed by atoms with Crippen LogP contribution in [0.4, 0.5) is 29.5 Å². The predicted molar refractivity (Wildman–Crippen MR) is 103 cm³/mol. The maximum Gasteiger partial charge on any atom is 0.446 e. The third kappa shape index (κ3) is 3.64. The minimum atomic E-state index is -4.40. The van der Waals surface area contributed by atoms with Crippen molar-refractivity contribution in [3.05, 3.63) is 48.2 Å². The quantitative estimate of drug-likeness (QED) is 0.577. The number of hydrogen-bond donors (Lipinski definition) is 1. The van der Waals surface area contributed by atoms with Crippen LogP contribution >= 0.6 is 11.8 Å². The van der Waals surface area contributed by atoms with E-state index in [-0.39, 0.29) is 34.8 Å². The van der Waals surface area contributed by atoms with Gasteiger partial charge in [-0.05, 0) is 66.6 Å². The number of benzene rings is 1. The summed E-state index contributed by atoms with van der Waals surface area (Å²) in [5.41, 5.74) is -4.16. The number of thioether (sulfide) groups is 1. The van der Waals surface area contributed by atoms with E-state index in [0.29, 0.717) is 18.7 Å². The van der Waals surface area contributed by atoms with Crippen LogP contribution in [0.5, 0.6) is 0 Å². The number of urea groups is 1. The molecule has 1 saturated carbocycles. The Balaban J connectivity index is 1.58. The van der Waals surface area contributed by atoms with Gasteiger partial charge in [0.05, 0.1) is 5.69 Å². The van der Waals surface area contributed by atoms with Crippen molar-refractivity contribution in [3.63, 3.8) is 0 Å². The summed E-state index contributed by atoms with van der Waals surface area (Å²) >= 11 is -0.239. The molecule has 0 unspecified atom stereocenters. The molecule has 29 heavy (non-hydrogen) atoms. The van der Waals surface area contributed by atoms with Crippen LogP contribution in [0.15, 0.2) is 47.5 Å². The SMILES string of the molecule is CNc1cc(CN2C(=O)N(c3ccc(SC(F)(F)F)cc3)C(=O)C23CC3)ccn1. The van der Waals surface area contributed by atoms with Gasteiger partial charge in [-0.2, -0.15) is 13.2 Å². The number of alkyl halides is 3. The van der Waals surface area contributed by atoms with E-state index >= 15 is 0 Å². The highest BCUT2D eigenvalue weighted by molar-refractivity contribution is 8.00. The molecular weight excluding hydrogens is 405 g/mol. The number of nitrogens with one attached hydrogen (secondary N) is 1. The van der Waals surface area contributed by atoms with Crippen LogP contribution in [0.3, 0.4) is 0 Å². The van der Waals surface area contributed by atoms with Crippen molar-refractivity contribution in [2.24, 2.45) is 0 Å². The molecule has 1 spiro atoms. The van der Waals surface area contributed by atoms with Gasteiger partial charge in [0.25, 0.3) is 5.91 Å². The third-order valence-corrected chi connectivity index (χ3v) is 5.75. The van der Waals surface area contributed by atoms with E-state index in [4.69, 9.17) is 0 Å². The van der Waals surface area contributed by atoms with E-state index in [1.807, 2.05) is 0 Å². The first-order chi connectivity index (χ1) is 13.7. The molecule has 0 bridgehead atoms. The molecule has 1 saturated heterocycles. The fraction of sp³-hybridized carbons (Fsp3) is 0.316. The number of nitrogens with zero attached hydrogens (tertiary/aromatic N) is 3. The molecule has 4 rings (SSSR count). The first-order valence-corrected chi connectivity index (χ1v) is 9.70. The van der Waals surface area contributed by atoms with Crippen LogP contribution in [-0.4, -0.2) is 39.9 Å². The Morgan fingerprint density at radius 2 is 1.86 bits per heavy atom. The zero-order chi connectivity index (χ0) is 20.8. The first kappa shape index (κ1) is 19.6. The van der Waals surface area contributed by atoms with Gasteiger partial charge in [-0.15, -0.1) is 0 Å². The molecule has 152 valence electrons. The van der Waals surface area contributed by atoms with Crippen LogP contribution in [0, 0.1) is 0 Å². The second-order valence-electron chi connectivity index (χ2n) is 6.88. The summed E-state index contributed by atoms with van der Waals surface area (Å²) in [5, 5.41) is 2.93. The molecule has 6 nitrogen and oxygen atoms in total. The fourth-order valence-electron chi connectivity index (χ4n) is 3.45. The van der Waals surface area contributed by atoms with Crippen molar-refractivity contribution >= 4 is 35.2 Å². The van der Waals surface area contributed by atoms with Crippen molar-refractivity contribution in [2.45, 2.75) is 35.3 Å². The summed E-state index contributed by atoms with van der Waals surface area (Å²) in [5.74, 6) is 0.321. The molecule has 10 heteroatoms. The molecule has 3 amide bonds. The normalized spacial score (nSPS) is 17.9. The van der Waals surface area contributed by atoms with Gasteiger partial charge < -0.3 is 10.2 Å². The molecule has 1 aromatic heterocycles. The zero-order valence-corrected chi connectivity index (χ0v) is 16.2. The summed E-state index contributed by atoms with van der Waals surface area (Å²) in [7, 11) is 1.74. The van der Waals surface area contributed by atoms with E-state index in [9.17, 15) is 22.8 Å². The molecular formula is C19H17F3N4O2S. The van der Waals surface area contributed by atoms with Gasteiger partial charge in [0.15, 0.2) is 0 Å². The topological polar surface area (TPSA) is 65.5 Å². The summed E-state index contributed by atoms with van der Waals surface area (Å²) in [6.45, 7) is 0.250. The minimum Gasteiger partial charge on any atom is -0.373 e. The van der Waals surface area contributed by atoms with Crippen LogP contribution in [0.25, 0.3) is 0 Å². The van der Waals surface area contributed by atoms with Crippen molar-refractivity contribution in [1.29, 1.82) is 0 Å². The fourth-order valence-corrected chi connectivity index (χ4v) is 3.99. The average Bonchev–Trinajstić information content (AvgIpc) is 3.45. The molecule has 1 N–H and O–H groups in total. The Morgan fingerprint density at radius 3 is 2.45 bits per heavy atom. The molecule has 0 radical (unpaired) electrons. The standard InChI is InChI=1S/C19H17F3N4O2S/c1-23-15-10-12(6-9-24-15)11-25-17(28)26(16(27)18(25)7-8-18)13-2-4-14(5-3-13)29-19(20,21)22/h2-6,9-10H,7-8,11H2,1H3,(H,23,24). The molecule has 2 aromatic rings. The second kappa shape index (κ2) is 6.94. The Bertz CT molecular complexity index is 961. The van der Waals surface area contributed by atoms with Gasteiger partial charge >= 0.3 is 11.5 Å². The highest BCUT2D eigenvalue weighted by Crippen LogP contribution is 2.50. The van der Waals surface area contributed by atoms with Crippen LogP contribution < -0.4 is 10.2 Å². The molecule has 1 aromatic carbocycles. The number of carbonyl (C=O) groups is 2. The largest absolute Gasteiger partial charge is 0.446 e. The van der Waals surface area contributed by atoms with Gasteiger partial charge in [-0.1, -0.05) is 0 Å². The summed E-state index contributed by atoms with van der Waals surface area (Å²) in [4.78, 5) is 32.8. The lowest BCUT2D eigenvalue weighted by molar-refractivity contribution is -0.120. The number of halogens is 3. The lowest BCUT2D eigenvalue weighted by Gasteiger charge is -2.21. The molecule has 1 aliphatic heterocycles. The monoisotopic (exact) mass is 422 g/mol. The van der Waals surface area contributed by atoms with Crippen molar-refractivity contribution in [3.8, 4) is 0 Å². The Kier molecular flexibility index (Phi) is 4.68. The summed E-state index contributed by atoms with van der Waals surface area (Å²) in [6.07, 6.45) is 2.76. The molecule has 0 atom stereocenters. The van der Waals surface area contributed by atoms with E-state index in [1.54, 1.807) is 30.3 Å². The van der Waals surface area contributed by atoms with Gasteiger partial charge in [0.1, 0.15) is 11.4 Å². The van der Waals surface area contributed by atoms with Crippen LogP contribution in [-0.2, 0) is 11.3 Å². The highest BCUT2D eigenvalue weighted by Gasteiger charge is 2.65. The minimum absolute atomic E-state index is 0.00489. The third-order valence-electron chi connectivity index (χ3n) is 5.01. The number of imide groups is 1. The van der Waals surface area contributed by atoms with E-state index in [0.717, 1.165) is 10.5 Å². The number of pyridine rings is 1. The van der Waals surface area contributed by atoms with Gasteiger partial charge in [0, 0.05) is 24.7 Å². The zero-order valence-electron chi connectivity index (χ0n) is 15.4. The number of anilines is 2. The maximum atomic E-state index is 13.1. The molecule has 2 fully saturated rings. The number of hydrogen-bond acceptors (Lipinski definition) is 5. The molecule has 1 aliphatic carbocycles. The second-order valence-corrected chi connectivity index (χ2v) is 8.02. The molecule has 2 aliphatic rings. The number of rotatable bonds is 5. The number of carbonyl (C=O) groups excluding carboxylic acids is 2. The summed E-state index contributed by atoms with van der Waals surface area (Å²) < 4.78 is 37.6. The summed E-state index contributed by atoms with van der Waals surface area (Å²) in [6, 6.07) is 8.38. The van der Waals surface area contributed by atoms with Gasteiger partial charge in [0.2, 0.25) is 0 Å². The maximum absolute atomic E-state index is 13.1. The van der Waals surface area contributed by atoms with Gasteiger partial charge in [-0.3, -0.25) is 4.79 Å². The average molecular weight is 422 g/mol. The molecule has 2 heterocycles.